The van der Waals surface area contributed by atoms with Crippen LogP contribution in [0, 0.1) is 0 Å². The third-order valence-corrected chi connectivity index (χ3v) is 3.07. The molecule has 1 N–H and O–H groups in total. The van der Waals surface area contributed by atoms with Crippen LogP contribution in [0.1, 0.15) is 35.4 Å². The summed E-state index contributed by atoms with van der Waals surface area (Å²) >= 11 is 0. The summed E-state index contributed by atoms with van der Waals surface area (Å²) in [5.74, 6) is -0.493. The molecule has 18 heavy (non-hydrogen) atoms. The van der Waals surface area contributed by atoms with Crippen molar-refractivity contribution in [3.8, 4) is 0 Å². The number of aromatic nitrogens is 2. The molecule has 1 aromatic heterocycles. The molecule has 0 radical (unpaired) electrons. The van der Waals surface area contributed by atoms with E-state index in [-0.39, 0.29) is 18.4 Å². The number of hydrogen-bond acceptors (Lipinski definition) is 5. The van der Waals surface area contributed by atoms with Crippen molar-refractivity contribution in [3.05, 3.63) is 17.5 Å². The van der Waals surface area contributed by atoms with Gasteiger partial charge in [0.2, 0.25) is 0 Å². The van der Waals surface area contributed by atoms with Gasteiger partial charge in [-0.15, -0.1) is 0 Å². The van der Waals surface area contributed by atoms with E-state index < -0.39 is 5.97 Å². The van der Waals surface area contributed by atoms with Crippen LogP contribution in [0.15, 0.2) is 6.07 Å². The Kier molecular flexibility index (Phi) is 4.33. The van der Waals surface area contributed by atoms with Gasteiger partial charge in [-0.3, -0.25) is 4.68 Å². The Labute approximate surface area is 106 Å². The molecule has 1 unspecified atom stereocenters. The van der Waals surface area contributed by atoms with E-state index in [1.807, 2.05) is 0 Å². The molecular weight excluding hydrogens is 236 g/mol. The molecular formula is C12H18N2O4. The molecule has 1 aliphatic heterocycles. The van der Waals surface area contributed by atoms with E-state index in [4.69, 9.17) is 4.74 Å². The van der Waals surface area contributed by atoms with E-state index in [1.54, 1.807) is 10.7 Å². The van der Waals surface area contributed by atoms with Gasteiger partial charge in [0, 0.05) is 6.61 Å². The Morgan fingerprint density at radius 2 is 2.50 bits per heavy atom. The maximum atomic E-state index is 11.4. The van der Waals surface area contributed by atoms with Crippen LogP contribution in [0.5, 0.6) is 0 Å². The molecule has 6 nitrogen and oxygen atoms in total. The topological polar surface area (TPSA) is 73.6 Å². The van der Waals surface area contributed by atoms with Gasteiger partial charge in [-0.05, 0) is 25.3 Å². The standard InChI is InChI=1S/C12H18N2O4/c1-17-12(16)11-6-9(8-15)14(13-11)7-10-4-2-3-5-18-10/h6,10,15H,2-5,7-8H2,1H3. The summed E-state index contributed by atoms with van der Waals surface area (Å²) in [6.45, 7) is 1.17. The van der Waals surface area contributed by atoms with Crippen LogP contribution < -0.4 is 0 Å². The summed E-state index contributed by atoms with van der Waals surface area (Å²) in [7, 11) is 1.31. The van der Waals surface area contributed by atoms with Gasteiger partial charge in [-0.25, -0.2) is 4.79 Å². The number of aliphatic hydroxyl groups excluding tert-OH is 1. The lowest BCUT2D eigenvalue weighted by molar-refractivity contribution is 0.00287. The molecule has 1 fully saturated rings. The first-order valence-corrected chi connectivity index (χ1v) is 6.12. The molecule has 0 aliphatic carbocycles. The third kappa shape index (κ3) is 2.88. The molecule has 0 aromatic carbocycles. The van der Waals surface area contributed by atoms with Gasteiger partial charge >= 0.3 is 5.97 Å². The fraction of sp³-hybridized carbons (Fsp3) is 0.667. The monoisotopic (exact) mass is 254 g/mol. The summed E-state index contributed by atoms with van der Waals surface area (Å²) in [5, 5.41) is 13.4. The molecule has 0 spiro atoms. The lowest BCUT2D eigenvalue weighted by atomic mass is 10.1. The molecule has 1 saturated heterocycles. The molecule has 1 atom stereocenters. The van der Waals surface area contributed by atoms with E-state index in [1.165, 1.54) is 7.11 Å². The zero-order chi connectivity index (χ0) is 13.0. The second-order valence-electron chi connectivity index (χ2n) is 4.34. The van der Waals surface area contributed by atoms with Crippen molar-refractivity contribution in [3.63, 3.8) is 0 Å². The van der Waals surface area contributed by atoms with Crippen molar-refractivity contribution in [1.82, 2.24) is 9.78 Å². The van der Waals surface area contributed by atoms with Crippen molar-refractivity contribution < 1.29 is 19.4 Å². The zero-order valence-electron chi connectivity index (χ0n) is 10.5. The van der Waals surface area contributed by atoms with Crippen molar-refractivity contribution in [2.45, 2.75) is 38.5 Å². The van der Waals surface area contributed by atoms with Gasteiger partial charge in [0.25, 0.3) is 0 Å². The van der Waals surface area contributed by atoms with Gasteiger partial charge in [0.1, 0.15) is 0 Å². The van der Waals surface area contributed by atoms with Gasteiger partial charge < -0.3 is 14.6 Å². The van der Waals surface area contributed by atoms with Crippen molar-refractivity contribution in [1.29, 1.82) is 0 Å². The highest BCUT2D eigenvalue weighted by Gasteiger charge is 2.19. The first kappa shape index (κ1) is 13.0. The lowest BCUT2D eigenvalue weighted by Gasteiger charge is -2.23. The highest BCUT2D eigenvalue weighted by atomic mass is 16.5. The molecule has 2 rings (SSSR count). The number of carbonyl (C=O) groups excluding carboxylic acids is 1. The number of nitrogens with zero attached hydrogens (tertiary/aromatic N) is 2. The predicted molar refractivity (Wildman–Crippen MR) is 63.1 cm³/mol. The Bertz CT molecular complexity index is 410. The van der Waals surface area contributed by atoms with E-state index >= 15 is 0 Å². The van der Waals surface area contributed by atoms with Crippen LogP contribution >= 0.6 is 0 Å². The van der Waals surface area contributed by atoms with Gasteiger partial charge in [-0.1, -0.05) is 0 Å². The van der Waals surface area contributed by atoms with Crippen LogP contribution in [-0.4, -0.2) is 40.7 Å². The van der Waals surface area contributed by atoms with Crippen molar-refractivity contribution in [2.75, 3.05) is 13.7 Å². The maximum Gasteiger partial charge on any atom is 0.358 e. The number of aliphatic hydroxyl groups is 1. The Hall–Kier alpha value is -1.40. The van der Waals surface area contributed by atoms with Crippen LogP contribution in [0.3, 0.4) is 0 Å². The lowest BCUT2D eigenvalue weighted by Crippen LogP contribution is -2.26. The minimum absolute atomic E-state index is 0.106. The average Bonchev–Trinajstić information content (AvgIpc) is 2.82. The maximum absolute atomic E-state index is 11.4. The minimum atomic E-state index is -0.493. The second kappa shape index (κ2) is 5.97. The number of ether oxygens (including phenoxy) is 2. The van der Waals surface area contributed by atoms with Crippen LogP contribution in [-0.2, 0) is 22.6 Å². The first-order valence-electron chi connectivity index (χ1n) is 6.12. The zero-order valence-corrected chi connectivity index (χ0v) is 10.5. The number of hydrogen-bond donors (Lipinski definition) is 1. The Balaban J connectivity index is 2.10. The molecule has 100 valence electrons. The number of methoxy groups -OCH3 is 1. The van der Waals surface area contributed by atoms with Crippen LogP contribution in [0.2, 0.25) is 0 Å². The SMILES string of the molecule is COC(=O)c1cc(CO)n(CC2CCCCO2)n1. The van der Waals surface area contributed by atoms with Gasteiger partial charge in [-0.2, -0.15) is 5.10 Å². The molecule has 6 heteroatoms. The van der Waals surface area contributed by atoms with Gasteiger partial charge in [0.15, 0.2) is 5.69 Å². The molecule has 0 saturated carbocycles. The average molecular weight is 254 g/mol. The summed E-state index contributed by atoms with van der Waals surface area (Å²) in [4.78, 5) is 11.4. The van der Waals surface area contributed by atoms with Crippen molar-refractivity contribution in [2.24, 2.45) is 0 Å². The predicted octanol–water partition coefficient (Wildman–Crippen LogP) is 0.731. The van der Waals surface area contributed by atoms with E-state index in [2.05, 4.69) is 9.84 Å². The van der Waals surface area contributed by atoms with Crippen molar-refractivity contribution >= 4 is 5.97 Å². The molecule has 0 bridgehead atoms. The summed E-state index contributed by atoms with van der Waals surface area (Å²) in [6.07, 6.45) is 3.33. The Morgan fingerprint density at radius 1 is 1.67 bits per heavy atom. The fourth-order valence-corrected chi connectivity index (χ4v) is 2.09. The first-order chi connectivity index (χ1) is 8.74. The normalized spacial score (nSPS) is 19.8. The number of esters is 1. The van der Waals surface area contributed by atoms with E-state index in [0.29, 0.717) is 12.2 Å². The highest BCUT2D eigenvalue weighted by molar-refractivity contribution is 5.87. The number of carbonyl (C=O) groups is 1. The fourth-order valence-electron chi connectivity index (χ4n) is 2.09. The molecule has 1 aliphatic rings. The van der Waals surface area contributed by atoms with E-state index in [0.717, 1.165) is 25.9 Å². The minimum Gasteiger partial charge on any atom is -0.464 e. The Morgan fingerprint density at radius 3 is 3.11 bits per heavy atom. The third-order valence-electron chi connectivity index (χ3n) is 3.07. The number of rotatable bonds is 4. The van der Waals surface area contributed by atoms with Gasteiger partial charge in [0.05, 0.1) is 32.1 Å². The quantitative estimate of drug-likeness (QED) is 0.802. The van der Waals surface area contributed by atoms with E-state index in [9.17, 15) is 9.90 Å². The molecule has 2 heterocycles. The summed E-state index contributed by atoms with van der Waals surface area (Å²) < 4.78 is 11.9. The summed E-state index contributed by atoms with van der Waals surface area (Å²) in [5.41, 5.74) is 0.821. The summed E-state index contributed by atoms with van der Waals surface area (Å²) in [6, 6.07) is 1.55. The smallest absolute Gasteiger partial charge is 0.358 e. The largest absolute Gasteiger partial charge is 0.464 e. The molecule has 0 amide bonds. The molecule has 1 aromatic rings. The van der Waals surface area contributed by atoms with Crippen LogP contribution in [0.25, 0.3) is 0 Å². The second-order valence-corrected chi connectivity index (χ2v) is 4.34. The van der Waals surface area contributed by atoms with Crippen LogP contribution in [0.4, 0.5) is 0 Å². The highest BCUT2D eigenvalue weighted by Crippen LogP contribution is 2.16.